The van der Waals surface area contributed by atoms with Gasteiger partial charge < -0.3 is 14.8 Å². The van der Waals surface area contributed by atoms with Crippen LogP contribution in [0.3, 0.4) is 0 Å². The Morgan fingerprint density at radius 1 is 1.20 bits per heavy atom. The van der Waals surface area contributed by atoms with E-state index in [4.69, 9.17) is 21.1 Å². The van der Waals surface area contributed by atoms with Gasteiger partial charge in [-0.25, -0.2) is 4.39 Å². The van der Waals surface area contributed by atoms with Crippen LogP contribution in [0.25, 0.3) is 0 Å². The van der Waals surface area contributed by atoms with Gasteiger partial charge in [-0.1, -0.05) is 24.6 Å². The minimum Gasteiger partial charge on any atom is -0.490 e. The summed E-state index contributed by atoms with van der Waals surface area (Å²) in [6, 6.07) is 7.54. The third-order valence-corrected chi connectivity index (χ3v) is 3.67. The van der Waals surface area contributed by atoms with E-state index in [1.807, 2.05) is 20.8 Å². The predicted octanol–water partition coefficient (Wildman–Crippen LogP) is 5.23. The zero-order valence-electron chi connectivity index (χ0n) is 14.5. The number of nitrogens with one attached hydrogen (secondary N) is 1. The van der Waals surface area contributed by atoms with Gasteiger partial charge in [-0.2, -0.15) is 0 Å². The molecule has 0 saturated heterocycles. The van der Waals surface area contributed by atoms with Gasteiger partial charge in [0.05, 0.1) is 23.9 Å². The van der Waals surface area contributed by atoms with Gasteiger partial charge in [0.1, 0.15) is 5.82 Å². The average molecular weight is 366 g/mol. The van der Waals surface area contributed by atoms with Crippen molar-refractivity contribution in [2.75, 3.05) is 18.5 Å². The van der Waals surface area contributed by atoms with Gasteiger partial charge >= 0.3 is 0 Å². The number of aryl methyl sites for hydroxylation is 1. The summed E-state index contributed by atoms with van der Waals surface area (Å²) in [5.41, 5.74) is 1.22. The number of hydrogen-bond donors (Lipinski definition) is 1. The summed E-state index contributed by atoms with van der Waals surface area (Å²) in [6.07, 6.45) is 0.816. The Kier molecular flexibility index (Phi) is 6.65. The minimum absolute atomic E-state index is 0.116. The van der Waals surface area contributed by atoms with Gasteiger partial charge in [-0.3, -0.25) is 4.79 Å². The Morgan fingerprint density at radius 3 is 2.64 bits per heavy atom. The number of hydrogen-bond acceptors (Lipinski definition) is 3. The maximum absolute atomic E-state index is 13.8. The molecule has 4 nitrogen and oxygen atoms in total. The van der Waals surface area contributed by atoms with Crippen molar-refractivity contribution in [3.63, 3.8) is 0 Å². The van der Waals surface area contributed by atoms with Crippen molar-refractivity contribution in [2.45, 2.75) is 27.2 Å². The van der Waals surface area contributed by atoms with Crippen LogP contribution in [-0.4, -0.2) is 19.1 Å². The molecule has 0 aliphatic carbocycles. The molecule has 0 bridgehead atoms. The molecule has 0 unspecified atom stereocenters. The molecular weight excluding hydrogens is 345 g/mol. The fraction of sp³-hybridized carbons (Fsp3) is 0.316. The zero-order chi connectivity index (χ0) is 18.4. The second kappa shape index (κ2) is 8.72. The second-order valence-electron chi connectivity index (χ2n) is 5.50. The highest BCUT2D eigenvalue weighted by Crippen LogP contribution is 2.37. The van der Waals surface area contributed by atoms with Crippen LogP contribution in [0.1, 0.15) is 36.2 Å². The van der Waals surface area contributed by atoms with Gasteiger partial charge in [0, 0.05) is 5.56 Å². The van der Waals surface area contributed by atoms with Crippen molar-refractivity contribution in [3.8, 4) is 11.5 Å². The van der Waals surface area contributed by atoms with Crippen LogP contribution in [0.2, 0.25) is 5.02 Å². The molecule has 0 saturated carbocycles. The van der Waals surface area contributed by atoms with E-state index in [0.29, 0.717) is 24.7 Å². The molecule has 1 amide bonds. The molecule has 0 fully saturated rings. The molecule has 1 N–H and O–H groups in total. The summed E-state index contributed by atoms with van der Waals surface area (Å²) < 4.78 is 25.0. The van der Waals surface area contributed by atoms with Crippen LogP contribution in [0.4, 0.5) is 10.1 Å². The Morgan fingerprint density at radius 2 is 1.96 bits per heavy atom. The van der Waals surface area contributed by atoms with Crippen LogP contribution in [0.5, 0.6) is 11.5 Å². The first-order chi connectivity index (χ1) is 12.0. The minimum atomic E-state index is -0.502. The lowest BCUT2D eigenvalue weighted by Gasteiger charge is -2.15. The van der Waals surface area contributed by atoms with E-state index in [1.54, 1.807) is 18.2 Å². The lowest BCUT2D eigenvalue weighted by atomic mass is 10.1. The first kappa shape index (κ1) is 19.1. The summed E-state index contributed by atoms with van der Waals surface area (Å²) in [7, 11) is 0. The quantitative estimate of drug-likeness (QED) is 0.731. The molecule has 0 spiro atoms. The number of amides is 1. The van der Waals surface area contributed by atoms with E-state index in [1.165, 1.54) is 12.1 Å². The van der Waals surface area contributed by atoms with Crippen LogP contribution >= 0.6 is 11.6 Å². The van der Waals surface area contributed by atoms with E-state index in [0.717, 1.165) is 12.0 Å². The summed E-state index contributed by atoms with van der Waals surface area (Å²) in [5.74, 6) is -0.186. The van der Waals surface area contributed by atoms with Gasteiger partial charge in [0.25, 0.3) is 5.91 Å². The van der Waals surface area contributed by atoms with Crippen LogP contribution in [0.15, 0.2) is 30.3 Å². The zero-order valence-corrected chi connectivity index (χ0v) is 15.2. The Labute approximate surface area is 151 Å². The molecule has 2 aromatic rings. The van der Waals surface area contributed by atoms with E-state index in [9.17, 15) is 9.18 Å². The largest absolute Gasteiger partial charge is 0.490 e. The number of ether oxygens (including phenoxy) is 2. The smallest absolute Gasteiger partial charge is 0.255 e. The maximum Gasteiger partial charge on any atom is 0.255 e. The first-order valence-corrected chi connectivity index (χ1v) is 8.50. The second-order valence-corrected chi connectivity index (χ2v) is 5.91. The van der Waals surface area contributed by atoms with E-state index < -0.39 is 11.7 Å². The highest BCUT2D eigenvalue weighted by atomic mass is 35.5. The molecule has 134 valence electrons. The Balaban J connectivity index is 2.31. The monoisotopic (exact) mass is 365 g/mol. The Hall–Kier alpha value is -2.27. The summed E-state index contributed by atoms with van der Waals surface area (Å²) in [5, 5.41) is 2.83. The third-order valence-electron chi connectivity index (χ3n) is 3.39. The molecule has 0 aliphatic heterocycles. The van der Waals surface area contributed by atoms with Crippen molar-refractivity contribution in [1.29, 1.82) is 0 Å². The standard InChI is InChI=1S/C19H21ClFNO3/c1-4-8-25-18-14(20)10-13(11-17(18)24-5-2)19(23)22-16-9-12(3)6-7-15(16)21/h6-7,9-11H,4-5,8H2,1-3H3,(H,22,23). The van der Waals surface area contributed by atoms with E-state index >= 15 is 0 Å². The number of carbonyl (C=O) groups excluding carboxylic acids is 1. The van der Waals surface area contributed by atoms with Crippen molar-refractivity contribution in [1.82, 2.24) is 0 Å². The maximum atomic E-state index is 13.8. The molecule has 6 heteroatoms. The lowest BCUT2D eigenvalue weighted by molar-refractivity contribution is 0.102. The predicted molar refractivity (Wildman–Crippen MR) is 97.5 cm³/mol. The van der Waals surface area contributed by atoms with Crippen LogP contribution < -0.4 is 14.8 Å². The van der Waals surface area contributed by atoms with Crippen LogP contribution in [0, 0.1) is 12.7 Å². The number of rotatable bonds is 7. The summed E-state index contributed by atoms with van der Waals surface area (Å²) in [4.78, 5) is 12.5. The molecule has 25 heavy (non-hydrogen) atoms. The van der Waals surface area contributed by atoms with Gasteiger partial charge in [0.2, 0.25) is 0 Å². The number of benzene rings is 2. The molecule has 0 aromatic heterocycles. The van der Waals surface area contributed by atoms with Crippen LogP contribution in [-0.2, 0) is 0 Å². The Bertz CT molecular complexity index is 765. The lowest BCUT2D eigenvalue weighted by Crippen LogP contribution is -2.14. The molecule has 0 atom stereocenters. The molecular formula is C19H21ClFNO3. The molecule has 0 aliphatic rings. The highest BCUT2D eigenvalue weighted by molar-refractivity contribution is 6.32. The normalized spacial score (nSPS) is 10.4. The third kappa shape index (κ3) is 4.86. The van der Waals surface area contributed by atoms with Crippen molar-refractivity contribution in [2.24, 2.45) is 0 Å². The fourth-order valence-electron chi connectivity index (χ4n) is 2.24. The van der Waals surface area contributed by atoms with Gasteiger partial charge in [-0.15, -0.1) is 0 Å². The number of carbonyl (C=O) groups is 1. The summed E-state index contributed by atoms with van der Waals surface area (Å²) >= 11 is 6.25. The first-order valence-electron chi connectivity index (χ1n) is 8.12. The SMILES string of the molecule is CCCOc1c(Cl)cc(C(=O)Nc2cc(C)ccc2F)cc1OCC. The number of anilines is 1. The average Bonchev–Trinajstić information content (AvgIpc) is 2.57. The molecule has 2 rings (SSSR count). The molecule has 0 heterocycles. The van der Waals surface area contributed by atoms with E-state index in [-0.39, 0.29) is 16.3 Å². The van der Waals surface area contributed by atoms with E-state index in [2.05, 4.69) is 5.32 Å². The highest BCUT2D eigenvalue weighted by Gasteiger charge is 2.17. The van der Waals surface area contributed by atoms with Crippen molar-refractivity contribution >= 4 is 23.2 Å². The van der Waals surface area contributed by atoms with Crippen molar-refractivity contribution in [3.05, 3.63) is 52.3 Å². The molecule has 0 radical (unpaired) electrons. The van der Waals surface area contributed by atoms with Crippen molar-refractivity contribution < 1.29 is 18.7 Å². The topological polar surface area (TPSA) is 47.6 Å². The number of halogens is 2. The van der Waals surface area contributed by atoms with Gasteiger partial charge in [0.15, 0.2) is 11.5 Å². The van der Waals surface area contributed by atoms with Gasteiger partial charge in [-0.05, 0) is 50.1 Å². The molecule has 2 aromatic carbocycles. The fourth-order valence-corrected chi connectivity index (χ4v) is 2.50. The summed E-state index contributed by atoms with van der Waals surface area (Å²) in [6.45, 7) is 6.51.